The predicted molar refractivity (Wildman–Crippen MR) is 55.5 cm³/mol. The van der Waals surface area contributed by atoms with Crippen LogP contribution in [0.15, 0.2) is 18.5 Å². The minimum absolute atomic E-state index is 0.476. The topological polar surface area (TPSA) is 48.7 Å². The molecule has 0 atom stereocenters. The van der Waals surface area contributed by atoms with Crippen molar-refractivity contribution in [3.8, 4) is 6.07 Å². The molecule has 0 aliphatic heterocycles. The molecule has 0 amide bonds. The third-order valence-electron chi connectivity index (χ3n) is 2.14. The van der Waals surface area contributed by atoms with E-state index in [1.807, 2.05) is 33.0 Å². The van der Waals surface area contributed by atoms with Crippen LogP contribution in [-0.4, -0.2) is 10.5 Å². The van der Waals surface area contributed by atoms with Crippen LogP contribution in [-0.2, 0) is 6.54 Å². The van der Waals surface area contributed by atoms with Gasteiger partial charge in [0.15, 0.2) is 0 Å². The van der Waals surface area contributed by atoms with Crippen LogP contribution in [0.1, 0.15) is 25.0 Å². The standard InChI is InChI=1S/C11H15N3/c1-9-6-13-5-4-10(9)7-14-11(2,3)8-12/h4-6,14H,7H2,1-3H3. The molecule has 0 saturated carbocycles. The number of nitriles is 1. The van der Waals surface area contributed by atoms with Gasteiger partial charge in [0.2, 0.25) is 0 Å². The molecule has 0 radical (unpaired) electrons. The van der Waals surface area contributed by atoms with Crippen LogP contribution in [0.5, 0.6) is 0 Å². The third kappa shape index (κ3) is 2.82. The lowest BCUT2D eigenvalue weighted by Crippen LogP contribution is -2.37. The van der Waals surface area contributed by atoms with Crippen molar-refractivity contribution in [2.24, 2.45) is 0 Å². The van der Waals surface area contributed by atoms with E-state index in [4.69, 9.17) is 5.26 Å². The van der Waals surface area contributed by atoms with Gasteiger partial charge >= 0.3 is 0 Å². The summed E-state index contributed by atoms with van der Waals surface area (Å²) < 4.78 is 0. The van der Waals surface area contributed by atoms with Crippen molar-refractivity contribution >= 4 is 0 Å². The van der Waals surface area contributed by atoms with Gasteiger partial charge in [-0.1, -0.05) is 0 Å². The number of hydrogen-bond acceptors (Lipinski definition) is 3. The lowest BCUT2D eigenvalue weighted by atomic mass is 10.1. The molecule has 3 heteroatoms. The van der Waals surface area contributed by atoms with Crippen LogP contribution in [0.25, 0.3) is 0 Å². The van der Waals surface area contributed by atoms with Crippen molar-refractivity contribution in [2.45, 2.75) is 32.9 Å². The van der Waals surface area contributed by atoms with Crippen LogP contribution >= 0.6 is 0 Å². The molecule has 0 spiro atoms. The largest absolute Gasteiger partial charge is 0.296 e. The van der Waals surface area contributed by atoms with Crippen molar-refractivity contribution in [1.29, 1.82) is 5.26 Å². The lowest BCUT2D eigenvalue weighted by molar-refractivity contribution is 0.484. The van der Waals surface area contributed by atoms with Crippen LogP contribution in [0.3, 0.4) is 0 Å². The average Bonchev–Trinajstić information content (AvgIpc) is 2.17. The van der Waals surface area contributed by atoms with Gasteiger partial charge in [-0.05, 0) is 38.0 Å². The average molecular weight is 189 g/mol. The first-order chi connectivity index (χ1) is 6.55. The second-order valence-corrected chi connectivity index (χ2v) is 3.89. The molecule has 14 heavy (non-hydrogen) atoms. The molecule has 0 saturated heterocycles. The van der Waals surface area contributed by atoms with Crippen LogP contribution in [0.2, 0.25) is 0 Å². The molecule has 0 fully saturated rings. The van der Waals surface area contributed by atoms with E-state index in [0.717, 1.165) is 5.56 Å². The summed E-state index contributed by atoms with van der Waals surface area (Å²) in [5, 5.41) is 12.0. The number of aryl methyl sites for hydroxylation is 1. The SMILES string of the molecule is Cc1cnccc1CNC(C)(C)C#N. The molecule has 1 heterocycles. The summed E-state index contributed by atoms with van der Waals surface area (Å²) in [7, 11) is 0. The van der Waals surface area contributed by atoms with Gasteiger partial charge in [-0.3, -0.25) is 10.3 Å². The van der Waals surface area contributed by atoms with Crippen LogP contribution < -0.4 is 5.32 Å². The smallest absolute Gasteiger partial charge is 0.101 e. The highest BCUT2D eigenvalue weighted by atomic mass is 14.9. The van der Waals surface area contributed by atoms with Crippen molar-refractivity contribution in [2.75, 3.05) is 0 Å². The van der Waals surface area contributed by atoms with E-state index in [-0.39, 0.29) is 0 Å². The van der Waals surface area contributed by atoms with E-state index in [2.05, 4.69) is 16.4 Å². The van der Waals surface area contributed by atoms with Crippen molar-refractivity contribution in [3.05, 3.63) is 29.6 Å². The summed E-state index contributed by atoms with van der Waals surface area (Å²) in [6, 6.07) is 4.17. The van der Waals surface area contributed by atoms with E-state index >= 15 is 0 Å². The number of pyridine rings is 1. The minimum atomic E-state index is -0.476. The Morgan fingerprint density at radius 3 is 2.86 bits per heavy atom. The molecule has 1 aromatic heterocycles. The molecule has 0 aliphatic carbocycles. The number of nitrogens with one attached hydrogen (secondary N) is 1. The van der Waals surface area contributed by atoms with Gasteiger partial charge < -0.3 is 0 Å². The fraction of sp³-hybridized carbons (Fsp3) is 0.455. The second-order valence-electron chi connectivity index (χ2n) is 3.89. The summed E-state index contributed by atoms with van der Waals surface area (Å²) >= 11 is 0. The van der Waals surface area contributed by atoms with Crippen molar-refractivity contribution < 1.29 is 0 Å². The summed E-state index contributed by atoms with van der Waals surface area (Å²) in [6.07, 6.45) is 3.60. The first-order valence-electron chi connectivity index (χ1n) is 4.61. The van der Waals surface area contributed by atoms with E-state index in [9.17, 15) is 0 Å². The molecule has 3 nitrogen and oxygen atoms in total. The first-order valence-corrected chi connectivity index (χ1v) is 4.61. The Hall–Kier alpha value is -1.40. The Morgan fingerprint density at radius 2 is 2.29 bits per heavy atom. The van der Waals surface area contributed by atoms with E-state index < -0.39 is 5.54 Å². The maximum Gasteiger partial charge on any atom is 0.101 e. The summed E-state index contributed by atoms with van der Waals surface area (Å²) in [5.41, 5.74) is 1.85. The van der Waals surface area contributed by atoms with Crippen molar-refractivity contribution in [1.82, 2.24) is 10.3 Å². The second kappa shape index (κ2) is 4.21. The highest BCUT2D eigenvalue weighted by molar-refractivity contribution is 5.21. The third-order valence-corrected chi connectivity index (χ3v) is 2.14. The zero-order valence-corrected chi connectivity index (χ0v) is 8.83. The van der Waals surface area contributed by atoms with Gasteiger partial charge in [0.1, 0.15) is 5.54 Å². The van der Waals surface area contributed by atoms with Gasteiger partial charge in [0.05, 0.1) is 6.07 Å². The van der Waals surface area contributed by atoms with Gasteiger partial charge in [-0.2, -0.15) is 5.26 Å². The Balaban J connectivity index is 2.64. The molecule has 0 aliphatic rings. The molecular weight excluding hydrogens is 174 g/mol. The Kier molecular flexibility index (Phi) is 3.21. The maximum atomic E-state index is 8.82. The van der Waals surface area contributed by atoms with Crippen LogP contribution in [0.4, 0.5) is 0 Å². The number of hydrogen-bond donors (Lipinski definition) is 1. The quantitative estimate of drug-likeness (QED) is 0.788. The van der Waals surface area contributed by atoms with Crippen LogP contribution in [0, 0.1) is 18.3 Å². The molecule has 0 unspecified atom stereocenters. The van der Waals surface area contributed by atoms with Gasteiger partial charge in [-0.25, -0.2) is 0 Å². The zero-order chi connectivity index (χ0) is 10.6. The molecule has 1 aromatic rings. The Morgan fingerprint density at radius 1 is 1.57 bits per heavy atom. The maximum absolute atomic E-state index is 8.82. The number of aromatic nitrogens is 1. The normalized spacial score (nSPS) is 11.0. The lowest BCUT2D eigenvalue weighted by Gasteiger charge is -2.17. The molecule has 74 valence electrons. The van der Waals surface area contributed by atoms with E-state index in [0.29, 0.717) is 6.54 Å². The van der Waals surface area contributed by atoms with Gasteiger partial charge in [0, 0.05) is 18.9 Å². The minimum Gasteiger partial charge on any atom is -0.296 e. The van der Waals surface area contributed by atoms with Gasteiger partial charge in [0.25, 0.3) is 0 Å². The van der Waals surface area contributed by atoms with Gasteiger partial charge in [-0.15, -0.1) is 0 Å². The number of rotatable bonds is 3. The zero-order valence-electron chi connectivity index (χ0n) is 8.83. The highest BCUT2D eigenvalue weighted by Gasteiger charge is 2.14. The van der Waals surface area contributed by atoms with E-state index in [1.54, 1.807) is 6.20 Å². The molecule has 1 rings (SSSR count). The van der Waals surface area contributed by atoms with E-state index in [1.165, 1.54) is 5.56 Å². The fourth-order valence-corrected chi connectivity index (χ4v) is 1.06. The Labute approximate surface area is 84.8 Å². The predicted octanol–water partition coefficient (Wildman–Crippen LogP) is 1.78. The monoisotopic (exact) mass is 189 g/mol. The molecule has 0 aromatic carbocycles. The Bertz CT molecular complexity index is 350. The summed E-state index contributed by atoms with van der Waals surface area (Å²) in [5.74, 6) is 0. The number of nitrogens with zero attached hydrogens (tertiary/aromatic N) is 2. The summed E-state index contributed by atoms with van der Waals surface area (Å²) in [4.78, 5) is 4.02. The molecule has 0 bridgehead atoms. The first kappa shape index (κ1) is 10.7. The molecular formula is C11H15N3. The molecule has 1 N–H and O–H groups in total. The summed E-state index contributed by atoms with van der Waals surface area (Å²) in [6.45, 7) is 6.45. The van der Waals surface area contributed by atoms with Crippen molar-refractivity contribution in [3.63, 3.8) is 0 Å². The fourth-order valence-electron chi connectivity index (χ4n) is 1.06. The highest BCUT2D eigenvalue weighted by Crippen LogP contribution is 2.07.